The minimum atomic E-state index is -3.29. The number of aliphatic hydroxyl groups excluding tert-OH is 1. The highest BCUT2D eigenvalue weighted by Gasteiger charge is 2.51. The number of sulfonamides is 1. The number of nitrogens with zero attached hydrogens (tertiary/aromatic N) is 2. The maximum atomic E-state index is 13.3. The van der Waals surface area contributed by atoms with Crippen LogP contribution in [0.1, 0.15) is 12.0 Å². The van der Waals surface area contributed by atoms with Crippen molar-refractivity contribution >= 4 is 10.0 Å². The highest BCUT2D eigenvalue weighted by molar-refractivity contribution is 7.88. The number of hydrogen-bond acceptors (Lipinski definition) is 4. The predicted molar refractivity (Wildman–Crippen MR) is 85.7 cm³/mol. The zero-order valence-corrected chi connectivity index (χ0v) is 14.4. The fourth-order valence-electron chi connectivity index (χ4n) is 3.92. The first-order valence-electron chi connectivity index (χ1n) is 7.95. The van der Waals surface area contributed by atoms with Gasteiger partial charge in [0.05, 0.1) is 12.9 Å². The van der Waals surface area contributed by atoms with E-state index in [0.717, 1.165) is 6.07 Å². The zero-order valence-electron chi connectivity index (χ0n) is 13.6. The molecule has 2 aliphatic heterocycles. The molecule has 24 heavy (non-hydrogen) atoms. The van der Waals surface area contributed by atoms with Gasteiger partial charge in [-0.1, -0.05) is 0 Å². The predicted octanol–water partition coefficient (Wildman–Crippen LogP) is 1.04. The molecular formula is C16H22F2N2O3S. The molecule has 2 atom stereocenters. The van der Waals surface area contributed by atoms with Crippen LogP contribution in [0.5, 0.6) is 0 Å². The van der Waals surface area contributed by atoms with Gasteiger partial charge < -0.3 is 5.11 Å². The number of likely N-dealkylation sites (tertiary alicyclic amines) is 1. The molecule has 2 saturated heterocycles. The van der Waals surface area contributed by atoms with Gasteiger partial charge in [0.15, 0.2) is 0 Å². The van der Waals surface area contributed by atoms with E-state index in [-0.39, 0.29) is 12.5 Å². The van der Waals surface area contributed by atoms with Crippen LogP contribution in [0.4, 0.5) is 8.78 Å². The van der Waals surface area contributed by atoms with Crippen molar-refractivity contribution in [2.75, 3.05) is 39.0 Å². The molecule has 0 bridgehead atoms. The summed E-state index contributed by atoms with van der Waals surface area (Å²) < 4.78 is 51.8. The van der Waals surface area contributed by atoms with Crippen LogP contribution in [0.2, 0.25) is 0 Å². The quantitative estimate of drug-likeness (QED) is 0.872. The lowest BCUT2D eigenvalue weighted by atomic mass is 9.73. The Balaban J connectivity index is 1.73. The molecule has 1 aromatic rings. The van der Waals surface area contributed by atoms with Gasteiger partial charge in [-0.3, -0.25) is 4.90 Å². The maximum absolute atomic E-state index is 13.3. The van der Waals surface area contributed by atoms with Crippen molar-refractivity contribution in [3.63, 3.8) is 0 Å². The summed E-state index contributed by atoms with van der Waals surface area (Å²) in [6.45, 7) is 2.35. The third kappa shape index (κ3) is 3.46. The molecule has 5 nitrogen and oxygen atoms in total. The Morgan fingerprint density at radius 2 is 1.92 bits per heavy atom. The summed E-state index contributed by atoms with van der Waals surface area (Å²) >= 11 is 0. The molecule has 1 aromatic carbocycles. The Labute approximate surface area is 140 Å². The van der Waals surface area contributed by atoms with E-state index in [1.165, 1.54) is 22.7 Å². The van der Waals surface area contributed by atoms with E-state index in [1.54, 1.807) is 0 Å². The van der Waals surface area contributed by atoms with Gasteiger partial charge in [-0.05, 0) is 36.6 Å². The zero-order chi connectivity index (χ0) is 17.5. The standard InChI is InChI=1S/C16H22F2N2O3S/c1-24(22,23)20-9-13-8-19(3-2-16(13,10-20)11-21)7-12-4-14(17)6-15(18)5-12/h4-6,13,21H,2-3,7-11H2,1H3/t13-,16+/m1/s1. The minimum Gasteiger partial charge on any atom is -0.396 e. The number of halogens is 2. The molecule has 0 unspecified atom stereocenters. The lowest BCUT2D eigenvalue weighted by Gasteiger charge is -2.42. The second-order valence-corrected chi connectivity index (χ2v) is 9.02. The van der Waals surface area contributed by atoms with Crippen molar-refractivity contribution in [2.24, 2.45) is 11.3 Å². The molecule has 8 heteroatoms. The van der Waals surface area contributed by atoms with Gasteiger partial charge in [0.25, 0.3) is 0 Å². The molecule has 2 heterocycles. The third-order valence-electron chi connectivity index (χ3n) is 5.30. The number of fused-ring (bicyclic) bond motifs is 1. The smallest absolute Gasteiger partial charge is 0.211 e. The number of piperidine rings is 1. The Bertz CT molecular complexity index is 708. The van der Waals surface area contributed by atoms with Gasteiger partial charge in [-0.15, -0.1) is 0 Å². The van der Waals surface area contributed by atoms with Crippen molar-refractivity contribution in [3.05, 3.63) is 35.4 Å². The van der Waals surface area contributed by atoms with Crippen molar-refractivity contribution in [1.29, 1.82) is 0 Å². The summed E-state index contributed by atoms with van der Waals surface area (Å²) in [6, 6.07) is 3.47. The lowest BCUT2D eigenvalue weighted by Crippen LogP contribution is -2.48. The normalized spacial score (nSPS) is 28.9. The molecule has 0 aromatic heterocycles. The Hall–Kier alpha value is -1.09. The second kappa shape index (κ2) is 6.33. The molecule has 3 rings (SSSR count). The number of rotatable bonds is 4. The summed E-state index contributed by atoms with van der Waals surface area (Å²) in [7, 11) is -3.29. The van der Waals surface area contributed by atoms with Gasteiger partial charge in [0, 0.05) is 37.7 Å². The van der Waals surface area contributed by atoms with Crippen molar-refractivity contribution in [1.82, 2.24) is 9.21 Å². The summed E-state index contributed by atoms with van der Waals surface area (Å²) in [5.74, 6) is -1.18. The molecule has 134 valence electrons. The van der Waals surface area contributed by atoms with Crippen molar-refractivity contribution in [3.8, 4) is 0 Å². The molecule has 2 aliphatic rings. The highest BCUT2D eigenvalue weighted by Crippen LogP contribution is 2.43. The molecule has 1 N–H and O–H groups in total. The lowest BCUT2D eigenvalue weighted by molar-refractivity contribution is 0.0170. The van der Waals surface area contributed by atoms with Gasteiger partial charge >= 0.3 is 0 Å². The van der Waals surface area contributed by atoms with Crippen LogP contribution in [-0.4, -0.2) is 61.8 Å². The van der Waals surface area contributed by atoms with Crippen molar-refractivity contribution in [2.45, 2.75) is 13.0 Å². The van der Waals surface area contributed by atoms with E-state index in [4.69, 9.17) is 0 Å². The Morgan fingerprint density at radius 1 is 1.25 bits per heavy atom. The molecular weight excluding hydrogens is 338 g/mol. The summed E-state index contributed by atoms with van der Waals surface area (Å²) in [4.78, 5) is 2.07. The summed E-state index contributed by atoms with van der Waals surface area (Å²) in [5.41, 5.74) is 0.147. The van der Waals surface area contributed by atoms with E-state index < -0.39 is 27.1 Å². The largest absolute Gasteiger partial charge is 0.396 e. The summed E-state index contributed by atoms with van der Waals surface area (Å²) in [6.07, 6.45) is 1.85. The van der Waals surface area contributed by atoms with Gasteiger partial charge in [0.1, 0.15) is 11.6 Å². The Morgan fingerprint density at radius 3 is 2.50 bits per heavy atom. The van der Waals surface area contributed by atoms with Gasteiger partial charge in [-0.25, -0.2) is 21.5 Å². The van der Waals surface area contributed by atoms with E-state index >= 15 is 0 Å². The first-order chi connectivity index (χ1) is 11.2. The summed E-state index contributed by atoms with van der Waals surface area (Å²) in [5, 5.41) is 9.85. The van der Waals surface area contributed by atoms with Crippen LogP contribution < -0.4 is 0 Å². The van der Waals surface area contributed by atoms with E-state index in [1.807, 2.05) is 0 Å². The van der Waals surface area contributed by atoms with E-state index in [9.17, 15) is 22.3 Å². The SMILES string of the molecule is CS(=O)(=O)N1C[C@H]2CN(Cc3cc(F)cc(F)c3)CC[C@@]2(CO)C1. The molecule has 0 saturated carbocycles. The maximum Gasteiger partial charge on any atom is 0.211 e. The van der Waals surface area contributed by atoms with Gasteiger partial charge in [0.2, 0.25) is 10.0 Å². The van der Waals surface area contributed by atoms with Crippen LogP contribution >= 0.6 is 0 Å². The van der Waals surface area contributed by atoms with Crippen LogP contribution in [0.25, 0.3) is 0 Å². The fraction of sp³-hybridized carbons (Fsp3) is 0.625. The molecule has 0 spiro atoms. The first-order valence-corrected chi connectivity index (χ1v) is 9.80. The fourth-order valence-corrected chi connectivity index (χ4v) is 4.86. The average Bonchev–Trinajstić information content (AvgIpc) is 2.86. The first kappa shape index (κ1) is 17.7. The number of aliphatic hydroxyl groups is 1. The van der Waals surface area contributed by atoms with Crippen LogP contribution in [0.3, 0.4) is 0 Å². The Kier molecular flexibility index (Phi) is 4.67. The topological polar surface area (TPSA) is 60.9 Å². The van der Waals surface area contributed by atoms with E-state index in [2.05, 4.69) is 4.90 Å². The van der Waals surface area contributed by atoms with Gasteiger partial charge in [-0.2, -0.15) is 0 Å². The number of hydrogen-bond donors (Lipinski definition) is 1. The molecule has 0 amide bonds. The third-order valence-corrected chi connectivity index (χ3v) is 6.51. The molecule has 0 aliphatic carbocycles. The van der Waals surface area contributed by atoms with Crippen LogP contribution in [-0.2, 0) is 16.6 Å². The number of benzene rings is 1. The van der Waals surface area contributed by atoms with Crippen LogP contribution in [0, 0.1) is 23.0 Å². The second-order valence-electron chi connectivity index (χ2n) is 7.04. The average molecular weight is 360 g/mol. The van der Waals surface area contributed by atoms with Crippen molar-refractivity contribution < 1.29 is 22.3 Å². The minimum absolute atomic E-state index is 0.0179. The monoisotopic (exact) mass is 360 g/mol. The highest BCUT2D eigenvalue weighted by atomic mass is 32.2. The molecule has 0 radical (unpaired) electrons. The molecule has 2 fully saturated rings. The van der Waals surface area contributed by atoms with Crippen LogP contribution in [0.15, 0.2) is 18.2 Å². The van der Waals surface area contributed by atoms with E-state index in [0.29, 0.717) is 44.7 Å².